The van der Waals surface area contributed by atoms with Crippen molar-refractivity contribution in [3.8, 4) is 0 Å². The van der Waals surface area contributed by atoms with Gasteiger partial charge in [-0.15, -0.1) is 0 Å². The Kier molecular flexibility index (Phi) is 4.88. The highest BCUT2D eigenvalue weighted by Gasteiger charge is 2.46. The van der Waals surface area contributed by atoms with Crippen molar-refractivity contribution in [3.63, 3.8) is 0 Å². The van der Waals surface area contributed by atoms with Crippen molar-refractivity contribution in [2.75, 3.05) is 6.61 Å². The fourth-order valence-electron chi connectivity index (χ4n) is 2.26. The molecule has 0 aliphatic carbocycles. The fourth-order valence-corrected chi connectivity index (χ4v) is 2.26. The molecule has 1 saturated heterocycles. The maximum atomic E-state index is 12.2. The maximum absolute atomic E-state index is 12.2. The van der Waals surface area contributed by atoms with E-state index >= 15 is 0 Å². The van der Waals surface area contributed by atoms with E-state index in [1.165, 1.54) is 6.92 Å². The van der Waals surface area contributed by atoms with Crippen LogP contribution in [0.2, 0.25) is 0 Å². The van der Waals surface area contributed by atoms with Crippen LogP contribution in [0.1, 0.15) is 20.8 Å². The van der Waals surface area contributed by atoms with E-state index in [1.54, 1.807) is 13.8 Å². The quantitative estimate of drug-likeness (QED) is 0.485. The Morgan fingerprint density at radius 3 is 2.32 bits per heavy atom. The first kappa shape index (κ1) is 16.9. The third-order valence-electron chi connectivity index (χ3n) is 3.52. The Balaban J connectivity index is 2.18. The summed E-state index contributed by atoms with van der Waals surface area (Å²) in [7, 11) is 0. The van der Waals surface area contributed by atoms with Gasteiger partial charge < -0.3 is 34.6 Å². The predicted molar refractivity (Wildman–Crippen MR) is 72.0 cm³/mol. The monoisotopic (exact) mass is 316 g/mol. The first-order chi connectivity index (χ1) is 10.3. The van der Waals surface area contributed by atoms with Crippen molar-refractivity contribution in [1.82, 2.24) is 0 Å². The predicted octanol–water partition coefficient (Wildman–Crippen LogP) is -1.07. The van der Waals surface area contributed by atoms with Crippen molar-refractivity contribution < 1.29 is 39.4 Å². The molecule has 5 atom stereocenters. The number of aliphatic hydroxyl groups excluding tert-OH is 4. The van der Waals surface area contributed by atoms with Gasteiger partial charge in [-0.05, 0) is 26.3 Å². The highest BCUT2D eigenvalue weighted by atomic mass is 16.7. The molecule has 0 aromatic heterocycles. The van der Waals surface area contributed by atoms with Gasteiger partial charge in [0.25, 0.3) is 5.78 Å². The standard InChI is InChI=1S/C14H20O8/c1-5(2)12-11(19)13(6(3)20-12)22-14-10(18)9(17)8(16)7(4-15)21-14/h7-10,14-18H,4H2,1-3H3/t7-,8-,9+,10-,14+/m1/s1. The van der Waals surface area contributed by atoms with Crippen LogP contribution in [-0.2, 0) is 19.0 Å². The number of carbonyl (C=O) groups excluding carboxylic acids is 1. The SMILES string of the molecule is CC(C)=C1OC(C)=C(O[C@@H]2O[C@H](CO)[C@@H](O)[C@H](O)[C@H]2O)C1=O. The molecule has 0 aromatic rings. The Bertz CT molecular complexity index is 517. The molecule has 0 unspecified atom stereocenters. The van der Waals surface area contributed by atoms with E-state index in [2.05, 4.69) is 0 Å². The van der Waals surface area contributed by atoms with Crippen LogP contribution in [0.4, 0.5) is 0 Å². The summed E-state index contributed by atoms with van der Waals surface area (Å²) in [6, 6.07) is 0. The maximum Gasteiger partial charge on any atom is 0.266 e. The summed E-state index contributed by atoms with van der Waals surface area (Å²) >= 11 is 0. The zero-order valence-electron chi connectivity index (χ0n) is 12.5. The number of Topliss-reactive ketones (excluding diaryl/α,β-unsaturated/α-hetero) is 1. The Labute approximate surface area is 127 Å². The van der Waals surface area contributed by atoms with Crippen molar-refractivity contribution in [2.45, 2.75) is 51.5 Å². The lowest BCUT2D eigenvalue weighted by Crippen LogP contribution is -2.59. The van der Waals surface area contributed by atoms with E-state index in [1.807, 2.05) is 0 Å². The number of allylic oxidation sites excluding steroid dienone is 2. The molecular formula is C14H20O8. The van der Waals surface area contributed by atoms with Crippen LogP contribution in [0.5, 0.6) is 0 Å². The van der Waals surface area contributed by atoms with Crippen molar-refractivity contribution in [3.05, 3.63) is 22.9 Å². The highest BCUT2D eigenvalue weighted by Crippen LogP contribution is 2.31. The molecule has 4 N–H and O–H groups in total. The molecular weight excluding hydrogens is 296 g/mol. The van der Waals surface area contributed by atoms with Gasteiger partial charge in [0.2, 0.25) is 12.0 Å². The zero-order chi connectivity index (χ0) is 16.6. The summed E-state index contributed by atoms with van der Waals surface area (Å²) in [6.45, 7) is 4.36. The number of aliphatic hydroxyl groups is 4. The molecule has 2 heterocycles. The van der Waals surface area contributed by atoms with Crippen molar-refractivity contribution >= 4 is 5.78 Å². The van der Waals surface area contributed by atoms with E-state index in [9.17, 15) is 20.1 Å². The van der Waals surface area contributed by atoms with Gasteiger partial charge in [-0.25, -0.2) is 0 Å². The topological polar surface area (TPSA) is 126 Å². The van der Waals surface area contributed by atoms with Crippen LogP contribution in [0.15, 0.2) is 22.9 Å². The summed E-state index contributed by atoms with van der Waals surface area (Å²) in [6.07, 6.45) is -7.16. The lowest BCUT2D eigenvalue weighted by Gasteiger charge is -2.39. The van der Waals surface area contributed by atoms with Gasteiger partial charge in [0.15, 0.2) is 5.76 Å². The molecule has 8 heteroatoms. The molecule has 2 aliphatic rings. The van der Waals surface area contributed by atoms with Gasteiger partial charge in [0.05, 0.1) is 6.61 Å². The number of hydrogen-bond acceptors (Lipinski definition) is 8. The molecule has 0 saturated carbocycles. The number of hydrogen-bond donors (Lipinski definition) is 4. The molecule has 2 rings (SSSR count). The summed E-state index contributed by atoms with van der Waals surface area (Å²) in [5.74, 6) is -0.287. The zero-order valence-corrected chi connectivity index (χ0v) is 12.5. The molecule has 2 aliphatic heterocycles. The second kappa shape index (κ2) is 6.35. The van der Waals surface area contributed by atoms with E-state index in [4.69, 9.17) is 19.3 Å². The molecule has 124 valence electrons. The van der Waals surface area contributed by atoms with Crippen LogP contribution >= 0.6 is 0 Å². The molecule has 0 spiro atoms. The van der Waals surface area contributed by atoms with Gasteiger partial charge in [-0.2, -0.15) is 0 Å². The van der Waals surface area contributed by atoms with Crippen LogP contribution in [0, 0.1) is 0 Å². The van der Waals surface area contributed by atoms with Crippen LogP contribution in [0.3, 0.4) is 0 Å². The molecule has 0 aromatic carbocycles. The third kappa shape index (κ3) is 2.88. The summed E-state index contributed by atoms with van der Waals surface area (Å²) in [5.41, 5.74) is 0.664. The molecule has 0 radical (unpaired) electrons. The number of rotatable bonds is 3. The molecule has 1 fully saturated rings. The number of ketones is 1. The largest absolute Gasteiger partial charge is 0.454 e. The first-order valence-electron chi connectivity index (χ1n) is 6.86. The normalized spacial score (nSPS) is 35.7. The minimum Gasteiger partial charge on any atom is -0.454 e. The minimum absolute atomic E-state index is 0.136. The van der Waals surface area contributed by atoms with Crippen molar-refractivity contribution in [1.29, 1.82) is 0 Å². The Hall–Kier alpha value is -1.45. The number of ether oxygens (including phenoxy) is 3. The Morgan fingerprint density at radius 1 is 1.18 bits per heavy atom. The van der Waals surface area contributed by atoms with Gasteiger partial charge in [0, 0.05) is 0 Å². The molecule has 8 nitrogen and oxygen atoms in total. The summed E-state index contributed by atoms with van der Waals surface area (Å²) in [4.78, 5) is 12.2. The van der Waals surface area contributed by atoms with Crippen LogP contribution in [0.25, 0.3) is 0 Å². The molecule has 22 heavy (non-hydrogen) atoms. The van der Waals surface area contributed by atoms with Crippen molar-refractivity contribution in [2.24, 2.45) is 0 Å². The van der Waals surface area contributed by atoms with Gasteiger partial charge >= 0.3 is 0 Å². The number of carbonyl (C=O) groups is 1. The van der Waals surface area contributed by atoms with Gasteiger partial charge in [0.1, 0.15) is 30.2 Å². The Morgan fingerprint density at radius 2 is 1.82 bits per heavy atom. The smallest absolute Gasteiger partial charge is 0.266 e. The average molecular weight is 316 g/mol. The van der Waals surface area contributed by atoms with Crippen LogP contribution < -0.4 is 0 Å². The summed E-state index contributed by atoms with van der Waals surface area (Å²) in [5, 5.41) is 38.4. The van der Waals surface area contributed by atoms with Gasteiger partial charge in [-0.3, -0.25) is 4.79 Å². The van der Waals surface area contributed by atoms with E-state index in [-0.39, 0.29) is 17.3 Å². The van der Waals surface area contributed by atoms with Gasteiger partial charge in [-0.1, -0.05) is 0 Å². The fraction of sp³-hybridized carbons (Fsp3) is 0.643. The van der Waals surface area contributed by atoms with E-state index in [0.29, 0.717) is 5.57 Å². The first-order valence-corrected chi connectivity index (χ1v) is 6.86. The second-order valence-electron chi connectivity index (χ2n) is 5.46. The molecule has 0 bridgehead atoms. The highest BCUT2D eigenvalue weighted by molar-refractivity contribution is 6.08. The molecule has 0 amide bonds. The minimum atomic E-state index is -1.58. The second-order valence-corrected chi connectivity index (χ2v) is 5.46. The lowest BCUT2D eigenvalue weighted by molar-refractivity contribution is -0.290. The summed E-state index contributed by atoms with van der Waals surface area (Å²) < 4.78 is 15.8. The third-order valence-corrected chi connectivity index (χ3v) is 3.52. The average Bonchev–Trinajstić information content (AvgIpc) is 2.75. The van der Waals surface area contributed by atoms with Crippen LogP contribution in [-0.4, -0.2) is 63.5 Å². The lowest BCUT2D eigenvalue weighted by atomic mass is 9.99. The van der Waals surface area contributed by atoms with E-state index < -0.39 is 43.1 Å². The van der Waals surface area contributed by atoms with E-state index in [0.717, 1.165) is 0 Å².